The summed E-state index contributed by atoms with van der Waals surface area (Å²) in [6, 6.07) is 10.2. The molecule has 0 spiro atoms. The lowest BCUT2D eigenvalue weighted by Gasteiger charge is -2.26. The molecule has 1 N–H and O–H groups in total. The monoisotopic (exact) mass is 444 g/mol. The largest absolute Gasteiger partial charge is 0.460 e. The summed E-state index contributed by atoms with van der Waals surface area (Å²) >= 11 is 0. The van der Waals surface area contributed by atoms with Crippen molar-refractivity contribution in [3.63, 3.8) is 0 Å². The van der Waals surface area contributed by atoms with E-state index in [1.165, 1.54) is 30.2 Å². The second kappa shape index (κ2) is 7.52. The number of para-hydroxylation sites is 1. The number of hydrogen-bond acceptors (Lipinski definition) is 5. The fourth-order valence-electron chi connectivity index (χ4n) is 6.11. The Morgan fingerprint density at radius 3 is 2.73 bits per heavy atom. The SMILES string of the molecule is CC[C@@]1(O)CC(=O)OCc2c1cc1n(c2=O)Cc2c-1nc1ccccc1c2C1CCCCC1. The zero-order chi connectivity index (χ0) is 22.7. The van der Waals surface area contributed by atoms with Crippen LogP contribution in [0.15, 0.2) is 35.1 Å². The van der Waals surface area contributed by atoms with E-state index in [-0.39, 0.29) is 18.6 Å². The smallest absolute Gasteiger partial charge is 0.309 e. The molecule has 2 aliphatic heterocycles. The molecule has 0 amide bonds. The number of rotatable bonds is 2. The molecule has 6 rings (SSSR count). The van der Waals surface area contributed by atoms with E-state index in [1.54, 1.807) is 4.57 Å². The predicted molar refractivity (Wildman–Crippen MR) is 125 cm³/mol. The average molecular weight is 445 g/mol. The van der Waals surface area contributed by atoms with Gasteiger partial charge in [0.2, 0.25) is 0 Å². The number of cyclic esters (lactones) is 1. The fraction of sp³-hybridized carbons (Fsp3) is 0.444. The Morgan fingerprint density at radius 2 is 1.94 bits per heavy atom. The molecule has 3 aromatic rings. The molecule has 0 bridgehead atoms. The molecule has 6 nitrogen and oxygen atoms in total. The summed E-state index contributed by atoms with van der Waals surface area (Å²) in [6.45, 7) is 2.20. The van der Waals surface area contributed by atoms with Crippen molar-refractivity contribution in [2.24, 2.45) is 0 Å². The fourth-order valence-corrected chi connectivity index (χ4v) is 6.11. The van der Waals surface area contributed by atoms with Gasteiger partial charge in [-0.05, 0) is 48.4 Å². The van der Waals surface area contributed by atoms with E-state index in [1.807, 2.05) is 25.1 Å². The highest BCUT2D eigenvalue weighted by Crippen LogP contribution is 2.45. The van der Waals surface area contributed by atoms with Gasteiger partial charge in [0.1, 0.15) is 12.2 Å². The molecule has 1 saturated carbocycles. The van der Waals surface area contributed by atoms with Gasteiger partial charge < -0.3 is 14.4 Å². The molecular weight excluding hydrogens is 416 g/mol. The molecule has 4 heterocycles. The van der Waals surface area contributed by atoms with Gasteiger partial charge in [0.05, 0.1) is 35.4 Å². The Kier molecular flexibility index (Phi) is 4.70. The van der Waals surface area contributed by atoms with Gasteiger partial charge in [-0.2, -0.15) is 0 Å². The van der Waals surface area contributed by atoms with Crippen molar-refractivity contribution in [3.05, 3.63) is 62.9 Å². The zero-order valence-electron chi connectivity index (χ0n) is 18.9. The van der Waals surface area contributed by atoms with Crippen molar-refractivity contribution in [1.29, 1.82) is 0 Å². The first-order valence-electron chi connectivity index (χ1n) is 12.1. The molecule has 0 unspecified atom stereocenters. The van der Waals surface area contributed by atoms with Gasteiger partial charge >= 0.3 is 5.97 Å². The highest BCUT2D eigenvalue weighted by atomic mass is 16.5. The summed E-state index contributed by atoms with van der Waals surface area (Å²) < 4.78 is 7.06. The third kappa shape index (κ3) is 3.07. The van der Waals surface area contributed by atoms with Gasteiger partial charge in [0.25, 0.3) is 5.56 Å². The molecule has 3 aliphatic rings. The first kappa shape index (κ1) is 20.6. The van der Waals surface area contributed by atoms with Crippen molar-refractivity contribution in [2.75, 3.05) is 0 Å². The van der Waals surface area contributed by atoms with E-state index in [0.717, 1.165) is 35.3 Å². The van der Waals surface area contributed by atoms with Crippen LogP contribution >= 0.6 is 0 Å². The maximum Gasteiger partial charge on any atom is 0.309 e. The zero-order valence-corrected chi connectivity index (χ0v) is 18.9. The second-order valence-electron chi connectivity index (χ2n) is 9.74. The standard InChI is InChI=1S/C27H28N2O4/c1-2-27(32)13-23(30)33-15-19-20(27)12-22-25-18(14-29(22)26(19)31)24(16-8-4-3-5-9-16)17-10-6-7-11-21(17)28-25/h6-7,10-12,16,32H,2-5,8-9,13-15H2,1H3/t27-/m1/s1. The topological polar surface area (TPSA) is 81.4 Å². The summed E-state index contributed by atoms with van der Waals surface area (Å²) in [5.41, 5.74) is 4.27. The van der Waals surface area contributed by atoms with Crippen LogP contribution in [0.5, 0.6) is 0 Å². The lowest BCUT2D eigenvalue weighted by molar-refractivity contribution is -0.149. The number of carbonyl (C=O) groups excluding carboxylic acids is 1. The summed E-state index contributed by atoms with van der Waals surface area (Å²) in [5, 5.41) is 12.5. The molecule has 2 aromatic heterocycles. The molecule has 1 fully saturated rings. The van der Waals surface area contributed by atoms with E-state index >= 15 is 0 Å². The summed E-state index contributed by atoms with van der Waals surface area (Å²) in [5.74, 6) is -0.0130. The number of aromatic nitrogens is 2. The lowest BCUT2D eigenvalue weighted by Crippen LogP contribution is -2.32. The Hall–Kier alpha value is -2.99. The highest BCUT2D eigenvalue weighted by Gasteiger charge is 2.40. The molecular formula is C27H28N2O4. The van der Waals surface area contributed by atoms with Gasteiger partial charge in [-0.1, -0.05) is 44.4 Å². The highest BCUT2D eigenvalue weighted by molar-refractivity contribution is 5.88. The first-order valence-corrected chi connectivity index (χ1v) is 12.1. The minimum Gasteiger partial charge on any atom is -0.460 e. The van der Waals surface area contributed by atoms with Gasteiger partial charge in [-0.25, -0.2) is 4.98 Å². The number of carbonyl (C=O) groups is 1. The van der Waals surface area contributed by atoms with Gasteiger partial charge in [-0.15, -0.1) is 0 Å². The maximum atomic E-state index is 13.7. The number of esters is 1. The third-order valence-corrected chi connectivity index (χ3v) is 7.91. The molecule has 0 saturated heterocycles. The Bertz CT molecular complexity index is 1350. The number of fused-ring (bicyclic) bond motifs is 5. The van der Waals surface area contributed by atoms with Crippen molar-refractivity contribution >= 4 is 16.9 Å². The normalized spacial score (nSPS) is 22.4. The Balaban J connectivity index is 1.62. The van der Waals surface area contributed by atoms with Gasteiger partial charge in [0, 0.05) is 10.9 Å². The second-order valence-corrected chi connectivity index (χ2v) is 9.74. The molecule has 0 radical (unpaired) electrons. The number of pyridine rings is 2. The van der Waals surface area contributed by atoms with Crippen molar-refractivity contribution < 1.29 is 14.6 Å². The van der Waals surface area contributed by atoms with E-state index in [4.69, 9.17) is 9.72 Å². The number of hydrogen-bond donors (Lipinski definition) is 1. The number of nitrogens with zero attached hydrogens (tertiary/aromatic N) is 2. The number of ether oxygens (including phenoxy) is 1. The van der Waals surface area contributed by atoms with Crippen molar-refractivity contribution in [2.45, 2.75) is 76.5 Å². The number of aliphatic hydroxyl groups is 1. The summed E-state index contributed by atoms with van der Waals surface area (Å²) in [7, 11) is 0. The van der Waals surface area contributed by atoms with E-state index in [2.05, 4.69) is 12.1 Å². The molecule has 1 aliphatic carbocycles. The Morgan fingerprint density at radius 1 is 1.15 bits per heavy atom. The predicted octanol–water partition coefficient (Wildman–Crippen LogP) is 4.52. The minimum atomic E-state index is -1.41. The molecule has 6 heteroatoms. The third-order valence-electron chi connectivity index (χ3n) is 7.91. The minimum absolute atomic E-state index is 0.100. The first-order chi connectivity index (χ1) is 16.0. The molecule has 1 aromatic carbocycles. The van der Waals surface area contributed by atoms with Crippen LogP contribution in [0.3, 0.4) is 0 Å². The lowest BCUT2D eigenvalue weighted by atomic mass is 9.80. The van der Waals surface area contributed by atoms with Crippen LogP contribution in [-0.2, 0) is 28.3 Å². The van der Waals surface area contributed by atoms with Crippen LogP contribution in [0.1, 0.15) is 80.0 Å². The van der Waals surface area contributed by atoms with Crippen molar-refractivity contribution in [3.8, 4) is 11.4 Å². The maximum absolute atomic E-state index is 13.7. The summed E-state index contributed by atoms with van der Waals surface area (Å²) in [4.78, 5) is 30.8. The van der Waals surface area contributed by atoms with Crippen molar-refractivity contribution in [1.82, 2.24) is 9.55 Å². The average Bonchev–Trinajstić information content (AvgIpc) is 3.14. The van der Waals surface area contributed by atoms with E-state index < -0.39 is 11.6 Å². The van der Waals surface area contributed by atoms with Crippen LogP contribution in [0.4, 0.5) is 0 Å². The van der Waals surface area contributed by atoms with Crippen LogP contribution < -0.4 is 5.56 Å². The van der Waals surface area contributed by atoms with Crippen LogP contribution in [0.25, 0.3) is 22.3 Å². The van der Waals surface area contributed by atoms with E-state index in [9.17, 15) is 14.7 Å². The van der Waals surface area contributed by atoms with E-state index in [0.29, 0.717) is 30.0 Å². The van der Waals surface area contributed by atoms with Gasteiger partial charge in [0.15, 0.2) is 0 Å². The molecule has 1 atom stereocenters. The van der Waals surface area contributed by atoms with Crippen LogP contribution in [-0.4, -0.2) is 20.6 Å². The molecule has 33 heavy (non-hydrogen) atoms. The van der Waals surface area contributed by atoms with Crippen LogP contribution in [0.2, 0.25) is 0 Å². The van der Waals surface area contributed by atoms with Gasteiger partial charge in [-0.3, -0.25) is 9.59 Å². The summed E-state index contributed by atoms with van der Waals surface area (Å²) in [6.07, 6.45) is 6.23. The quantitative estimate of drug-likeness (QED) is 0.460. The molecule has 170 valence electrons. The number of benzene rings is 1. The van der Waals surface area contributed by atoms with Crippen LogP contribution in [0, 0.1) is 0 Å². The Labute approximate surface area is 192 Å².